The van der Waals surface area contributed by atoms with Crippen LogP contribution in [0.4, 0.5) is 0 Å². The third-order valence-electron chi connectivity index (χ3n) is 4.88. The van der Waals surface area contributed by atoms with Gasteiger partial charge in [-0.3, -0.25) is 9.59 Å². The summed E-state index contributed by atoms with van der Waals surface area (Å²) in [6.07, 6.45) is 2.65. The molecule has 5 nitrogen and oxygen atoms in total. The summed E-state index contributed by atoms with van der Waals surface area (Å²) in [6.45, 7) is 1.49. The van der Waals surface area contributed by atoms with E-state index in [-0.39, 0.29) is 23.0 Å². The number of amides is 1. The summed E-state index contributed by atoms with van der Waals surface area (Å²) in [4.78, 5) is 37.7. The zero-order chi connectivity index (χ0) is 17.3. The van der Waals surface area contributed by atoms with Gasteiger partial charge in [-0.1, -0.05) is 36.0 Å². The van der Waals surface area contributed by atoms with Gasteiger partial charge in [0.1, 0.15) is 6.04 Å². The van der Waals surface area contributed by atoms with E-state index in [1.54, 1.807) is 4.90 Å². The fourth-order valence-corrected chi connectivity index (χ4v) is 4.51. The number of carboxylic acids is 1. The molecule has 0 spiro atoms. The molecule has 0 saturated carbocycles. The van der Waals surface area contributed by atoms with Gasteiger partial charge in [0.15, 0.2) is 5.12 Å². The monoisotopic (exact) mass is 347 g/mol. The van der Waals surface area contributed by atoms with Crippen molar-refractivity contribution >= 4 is 28.8 Å². The van der Waals surface area contributed by atoms with Crippen LogP contribution >= 0.6 is 11.8 Å². The van der Waals surface area contributed by atoms with E-state index in [9.17, 15) is 19.5 Å². The summed E-state index contributed by atoms with van der Waals surface area (Å²) in [6, 6.07) is 6.97. The lowest BCUT2D eigenvalue weighted by Crippen LogP contribution is -2.51. The zero-order valence-corrected chi connectivity index (χ0v) is 14.4. The Morgan fingerprint density at radius 2 is 2.04 bits per heavy atom. The third-order valence-corrected chi connectivity index (χ3v) is 5.86. The second-order valence-corrected chi connectivity index (χ2v) is 7.65. The molecule has 2 aliphatic heterocycles. The van der Waals surface area contributed by atoms with Gasteiger partial charge in [-0.2, -0.15) is 0 Å². The van der Waals surface area contributed by atoms with E-state index in [0.717, 1.165) is 35.7 Å². The van der Waals surface area contributed by atoms with Crippen molar-refractivity contribution in [3.05, 3.63) is 35.4 Å². The number of carbonyl (C=O) groups excluding carboxylic acids is 2. The second kappa shape index (κ2) is 6.97. The van der Waals surface area contributed by atoms with Gasteiger partial charge in [0.05, 0.1) is 12.0 Å². The first-order chi connectivity index (χ1) is 11.5. The number of fused-ring (bicyclic) bond motifs is 3. The predicted octanol–water partition coefficient (Wildman–Crippen LogP) is 2.65. The van der Waals surface area contributed by atoms with Crippen LogP contribution in [0.2, 0.25) is 0 Å². The van der Waals surface area contributed by atoms with Crippen molar-refractivity contribution in [2.75, 3.05) is 5.75 Å². The van der Waals surface area contributed by atoms with Crippen LogP contribution in [0, 0.1) is 5.92 Å². The average molecular weight is 347 g/mol. The Hall–Kier alpha value is -1.82. The lowest BCUT2D eigenvalue weighted by Gasteiger charge is -2.40. The first-order valence-corrected chi connectivity index (χ1v) is 9.23. The van der Waals surface area contributed by atoms with Crippen LogP contribution in [0.15, 0.2) is 24.3 Å². The van der Waals surface area contributed by atoms with Crippen LogP contribution < -0.4 is 0 Å². The third kappa shape index (κ3) is 3.20. The van der Waals surface area contributed by atoms with E-state index in [2.05, 4.69) is 0 Å². The first kappa shape index (κ1) is 17.0. The van der Waals surface area contributed by atoms with Crippen LogP contribution in [0.1, 0.15) is 43.4 Å². The minimum Gasteiger partial charge on any atom is -0.480 e. The molecule has 0 aromatic heterocycles. The van der Waals surface area contributed by atoms with Gasteiger partial charge in [-0.15, -0.1) is 0 Å². The Balaban J connectivity index is 2.01. The molecule has 1 aromatic rings. The van der Waals surface area contributed by atoms with Gasteiger partial charge >= 0.3 is 5.97 Å². The maximum absolute atomic E-state index is 13.1. The Morgan fingerprint density at radius 1 is 1.29 bits per heavy atom. The highest BCUT2D eigenvalue weighted by Crippen LogP contribution is 2.40. The molecule has 128 valence electrons. The summed E-state index contributed by atoms with van der Waals surface area (Å²) >= 11 is 1.14. The highest BCUT2D eigenvalue weighted by atomic mass is 32.2. The molecule has 1 fully saturated rings. The summed E-state index contributed by atoms with van der Waals surface area (Å²) in [5.74, 6) is -1.02. The van der Waals surface area contributed by atoms with Crippen LogP contribution in [0.3, 0.4) is 0 Å². The SMILES string of the molecule is CC(=O)SC[C@H]1Cc2ccccc2[C@H]2CCC[C@@H](C(=O)O)N2C1=O. The Kier molecular flexibility index (Phi) is 4.94. The summed E-state index contributed by atoms with van der Waals surface area (Å²) in [5.41, 5.74) is 2.16. The zero-order valence-electron chi connectivity index (χ0n) is 13.6. The van der Waals surface area contributed by atoms with Gasteiger partial charge < -0.3 is 10.0 Å². The fourth-order valence-electron chi connectivity index (χ4n) is 3.81. The van der Waals surface area contributed by atoms with Crippen LogP contribution in [0.25, 0.3) is 0 Å². The molecule has 24 heavy (non-hydrogen) atoms. The molecule has 3 atom stereocenters. The average Bonchev–Trinajstić information content (AvgIpc) is 2.68. The maximum atomic E-state index is 13.1. The molecule has 3 rings (SSSR count). The first-order valence-electron chi connectivity index (χ1n) is 8.25. The largest absolute Gasteiger partial charge is 0.480 e. The standard InChI is InChI=1S/C18H21NO4S/c1-11(20)24-10-13-9-12-5-2-3-6-14(12)15-7-4-8-16(18(22)23)19(15)17(13)21/h2-3,5-6,13,15-16H,4,7-10H2,1H3,(H,22,23)/t13-,15-,16+/m1/s1. The molecule has 0 bridgehead atoms. The Bertz CT molecular complexity index is 675. The van der Waals surface area contributed by atoms with Crippen LogP contribution in [-0.2, 0) is 20.8 Å². The number of hydrogen-bond donors (Lipinski definition) is 1. The molecule has 2 aliphatic rings. The van der Waals surface area contributed by atoms with E-state index in [4.69, 9.17) is 0 Å². The number of hydrogen-bond acceptors (Lipinski definition) is 4. The van der Waals surface area contributed by atoms with E-state index >= 15 is 0 Å². The van der Waals surface area contributed by atoms with Gasteiger partial charge in [0.25, 0.3) is 0 Å². The Labute approximate surface area is 145 Å². The van der Waals surface area contributed by atoms with Crippen molar-refractivity contribution in [3.8, 4) is 0 Å². The number of piperidine rings is 1. The van der Waals surface area contributed by atoms with Crippen molar-refractivity contribution in [1.82, 2.24) is 4.90 Å². The normalized spacial score (nSPS) is 26.3. The number of carboxylic acid groups (broad SMARTS) is 1. The van der Waals surface area contributed by atoms with Crippen LogP contribution in [0.5, 0.6) is 0 Å². The van der Waals surface area contributed by atoms with Crippen molar-refractivity contribution in [3.63, 3.8) is 0 Å². The van der Waals surface area contributed by atoms with Gasteiger partial charge in [0.2, 0.25) is 5.91 Å². The van der Waals surface area contributed by atoms with Crippen molar-refractivity contribution in [2.24, 2.45) is 5.92 Å². The number of aliphatic carboxylic acids is 1. The maximum Gasteiger partial charge on any atom is 0.326 e. The van der Waals surface area contributed by atoms with Gasteiger partial charge in [-0.25, -0.2) is 4.79 Å². The lowest BCUT2D eigenvalue weighted by molar-refractivity contribution is -0.156. The Morgan fingerprint density at radius 3 is 2.75 bits per heavy atom. The minimum absolute atomic E-state index is 0.0229. The quantitative estimate of drug-likeness (QED) is 0.910. The molecular weight excluding hydrogens is 326 g/mol. The van der Waals surface area contributed by atoms with Crippen molar-refractivity contribution in [1.29, 1.82) is 0 Å². The van der Waals surface area contributed by atoms with Crippen molar-refractivity contribution in [2.45, 2.75) is 44.7 Å². The van der Waals surface area contributed by atoms with E-state index < -0.39 is 12.0 Å². The molecule has 0 unspecified atom stereocenters. The summed E-state index contributed by atoms with van der Waals surface area (Å²) in [7, 11) is 0. The molecule has 1 amide bonds. The lowest BCUT2D eigenvalue weighted by atomic mass is 9.89. The molecule has 2 heterocycles. The predicted molar refractivity (Wildman–Crippen MR) is 91.6 cm³/mol. The van der Waals surface area contributed by atoms with Crippen molar-refractivity contribution < 1.29 is 19.5 Å². The molecule has 1 aromatic carbocycles. The molecule has 6 heteroatoms. The molecule has 1 saturated heterocycles. The molecule has 0 aliphatic carbocycles. The number of nitrogens with zero attached hydrogens (tertiary/aromatic N) is 1. The van der Waals surface area contributed by atoms with Gasteiger partial charge in [0, 0.05) is 12.7 Å². The molecule has 1 N–H and O–H groups in total. The van der Waals surface area contributed by atoms with E-state index in [0.29, 0.717) is 18.6 Å². The topological polar surface area (TPSA) is 74.7 Å². The summed E-state index contributed by atoms with van der Waals surface area (Å²) in [5, 5.41) is 9.56. The second-order valence-electron chi connectivity index (χ2n) is 6.45. The molecular formula is C18H21NO4S. The summed E-state index contributed by atoms with van der Waals surface area (Å²) < 4.78 is 0. The fraction of sp³-hybridized carbons (Fsp3) is 0.500. The van der Waals surface area contributed by atoms with Gasteiger partial charge in [-0.05, 0) is 36.8 Å². The van der Waals surface area contributed by atoms with Crippen LogP contribution in [-0.4, -0.2) is 38.8 Å². The number of carbonyl (C=O) groups is 3. The highest BCUT2D eigenvalue weighted by Gasteiger charge is 2.43. The van der Waals surface area contributed by atoms with E-state index in [1.165, 1.54) is 6.92 Å². The minimum atomic E-state index is -0.939. The smallest absolute Gasteiger partial charge is 0.326 e. The van der Waals surface area contributed by atoms with E-state index in [1.807, 2.05) is 24.3 Å². The highest BCUT2D eigenvalue weighted by molar-refractivity contribution is 8.13. The number of benzene rings is 1. The number of rotatable bonds is 3. The number of thioether (sulfide) groups is 1. The molecule has 0 radical (unpaired) electrons.